The Kier molecular flexibility index (Phi) is 4.24. The zero-order chi connectivity index (χ0) is 13.9. The summed E-state index contributed by atoms with van der Waals surface area (Å²) in [7, 11) is -1.95. The zero-order valence-corrected chi connectivity index (χ0v) is 12.0. The third-order valence-corrected chi connectivity index (χ3v) is 4.79. The van der Waals surface area contributed by atoms with E-state index in [1.54, 1.807) is 25.2 Å². The van der Waals surface area contributed by atoms with Crippen LogP contribution in [0.5, 0.6) is 0 Å². The van der Waals surface area contributed by atoms with Crippen LogP contribution in [0.4, 0.5) is 0 Å². The summed E-state index contributed by atoms with van der Waals surface area (Å²) in [6.45, 7) is 0.329. The topological polar surface area (TPSA) is 37.4 Å². The average molecular weight is 296 g/mol. The molecule has 0 fully saturated rings. The van der Waals surface area contributed by atoms with Crippen molar-refractivity contribution < 1.29 is 8.42 Å². The summed E-state index contributed by atoms with van der Waals surface area (Å²) in [5, 5.41) is 0.411. The third-order valence-electron chi connectivity index (χ3n) is 2.75. The molecule has 0 aliphatic heterocycles. The Morgan fingerprint density at radius 3 is 2.37 bits per heavy atom. The van der Waals surface area contributed by atoms with Gasteiger partial charge in [0, 0.05) is 18.6 Å². The van der Waals surface area contributed by atoms with Gasteiger partial charge in [-0.25, -0.2) is 8.42 Å². The minimum Gasteiger partial charge on any atom is -0.207 e. The molecule has 0 unspecified atom stereocenters. The molecule has 0 saturated heterocycles. The van der Waals surface area contributed by atoms with E-state index in [2.05, 4.69) is 0 Å². The van der Waals surface area contributed by atoms with Gasteiger partial charge in [0.1, 0.15) is 0 Å². The fourth-order valence-electron chi connectivity index (χ4n) is 1.73. The van der Waals surface area contributed by atoms with Crippen LogP contribution in [0.15, 0.2) is 59.5 Å². The minimum atomic E-state index is -3.51. The van der Waals surface area contributed by atoms with Crippen LogP contribution in [0.3, 0.4) is 0 Å². The minimum absolute atomic E-state index is 0.207. The average Bonchev–Trinajstić information content (AvgIpc) is 2.40. The summed E-state index contributed by atoms with van der Waals surface area (Å²) < 4.78 is 26.0. The molecule has 0 radical (unpaired) electrons. The van der Waals surface area contributed by atoms with Gasteiger partial charge >= 0.3 is 0 Å². The Hall–Kier alpha value is -1.36. The monoisotopic (exact) mass is 295 g/mol. The van der Waals surface area contributed by atoms with Crippen LogP contribution < -0.4 is 0 Å². The Balaban J connectivity index is 2.25. The lowest BCUT2D eigenvalue weighted by molar-refractivity contribution is 0.467. The van der Waals surface area contributed by atoms with Gasteiger partial charge in [0.25, 0.3) is 0 Å². The van der Waals surface area contributed by atoms with Gasteiger partial charge in [-0.05, 0) is 23.8 Å². The number of hydrogen-bond acceptors (Lipinski definition) is 2. The van der Waals surface area contributed by atoms with Crippen molar-refractivity contribution >= 4 is 21.6 Å². The first-order valence-electron chi connectivity index (χ1n) is 5.76. The van der Waals surface area contributed by atoms with E-state index in [0.29, 0.717) is 11.6 Å². The Labute approximate surface area is 118 Å². The van der Waals surface area contributed by atoms with Crippen molar-refractivity contribution in [1.29, 1.82) is 0 Å². The van der Waals surface area contributed by atoms with Crippen molar-refractivity contribution in [2.24, 2.45) is 0 Å². The fraction of sp³-hybridized carbons (Fsp3) is 0.143. The van der Waals surface area contributed by atoms with E-state index < -0.39 is 10.0 Å². The Bertz CT molecular complexity index is 656. The van der Waals surface area contributed by atoms with Crippen LogP contribution >= 0.6 is 11.6 Å². The maximum atomic E-state index is 12.4. The largest absolute Gasteiger partial charge is 0.243 e. The molecule has 0 spiro atoms. The van der Waals surface area contributed by atoms with Crippen molar-refractivity contribution in [2.75, 3.05) is 7.05 Å². The highest BCUT2D eigenvalue weighted by molar-refractivity contribution is 7.89. The number of benzene rings is 2. The van der Waals surface area contributed by atoms with Crippen molar-refractivity contribution in [3.63, 3.8) is 0 Å². The quantitative estimate of drug-likeness (QED) is 0.869. The normalized spacial score (nSPS) is 11.7. The second-order valence-corrected chi connectivity index (χ2v) is 6.69. The maximum absolute atomic E-state index is 12.4. The van der Waals surface area contributed by atoms with Gasteiger partial charge < -0.3 is 0 Å². The number of halogens is 1. The van der Waals surface area contributed by atoms with Crippen LogP contribution in [0.1, 0.15) is 5.56 Å². The SMILES string of the molecule is CN(Cc1ccccc1)S(=O)(=O)c1cccc(Cl)c1. The van der Waals surface area contributed by atoms with Gasteiger partial charge in [-0.3, -0.25) is 0 Å². The second-order valence-electron chi connectivity index (χ2n) is 4.20. The molecule has 2 rings (SSSR count). The van der Waals surface area contributed by atoms with E-state index in [0.717, 1.165) is 5.56 Å². The molecule has 100 valence electrons. The molecule has 0 aliphatic rings. The lowest BCUT2D eigenvalue weighted by Gasteiger charge is -2.17. The van der Waals surface area contributed by atoms with Gasteiger partial charge in [-0.2, -0.15) is 4.31 Å². The highest BCUT2D eigenvalue weighted by atomic mass is 35.5. The maximum Gasteiger partial charge on any atom is 0.243 e. The molecule has 0 aliphatic carbocycles. The molecular formula is C14H14ClNO2S. The van der Waals surface area contributed by atoms with Gasteiger partial charge in [-0.15, -0.1) is 0 Å². The Morgan fingerprint density at radius 1 is 1.05 bits per heavy atom. The molecule has 2 aromatic rings. The summed E-state index contributed by atoms with van der Waals surface area (Å²) in [5.41, 5.74) is 0.940. The molecule has 0 saturated carbocycles. The predicted molar refractivity (Wildman–Crippen MR) is 76.5 cm³/mol. The Morgan fingerprint density at radius 2 is 1.74 bits per heavy atom. The van der Waals surface area contributed by atoms with E-state index in [1.165, 1.54) is 10.4 Å². The molecule has 2 aromatic carbocycles. The van der Waals surface area contributed by atoms with E-state index in [9.17, 15) is 8.42 Å². The van der Waals surface area contributed by atoms with Crippen molar-refractivity contribution in [2.45, 2.75) is 11.4 Å². The van der Waals surface area contributed by atoms with Crippen LogP contribution in [0, 0.1) is 0 Å². The van der Waals surface area contributed by atoms with Crippen LogP contribution in [0.2, 0.25) is 5.02 Å². The van der Waals surface area contributed by atoms with Crippen LogP contribution in [-0.4, -0.2) is 19.8 Å². The van der Waals surface area contributed by atoms with Crippen LogP contribution in [0.25, 0.3) is 0 Å². The molecule has 0 bridgehead atoms. The molecule has 5 heteroatoms. The first-order valence-corrected chi connectivity index (χ1v) is 7.58. The molecule has 0 N–H and O–H groups in total. The number of sulfonamides is 1. The molecule has 3 nitrogen and oxygen atoms in total. The number of nitrogens with zero attached hydrogens (tertiary/aromatic N) is 1. The van der Waals surface area contributed by atoms with Gasteiger partial charge in [-0.1, -0.05) is 48.0 Å². The summed E-state index contributed by atoms with van der Waals surface area (Å²) in [6.07, 6.45) is 0. The molecule has 0 atom stereocenters. The lowest BCUT2D eigenvalue weighted by Crippen LogP contribution is -2.26. The van der Waals surface area contributed by atoms with E-state index >= 15 is 0 Å². The summed E-state index contributed by atoms with van der Waals surface area (Å²) in [4.78, 5) is 0.207. The smallest absolute Gasteiger partial charge is 0.207 e. The molecule has 0 aromatic heterocycles. The molecule has 0 amide bonds. The predicted octanol–water partition coefficient (Wildman–Crippen LogP) is 3.16. The van der Waals surface area contributed by atoms with E-state index in [-0.39, 0.29) is 4.90 Å². The highest BCUT2D eigenvalue weighted by Gasteiger charge is 2.20. The van der Waals surface area contributed by atoms with E-state index in [4.69, 9.17) is 11.6 Å². The van der Waals surface area contributed by atoms with Crippen molar-refractivity contribution in [3.05, 3.63) is 65.2 Å². The molecule has 19 heavy (non-hydrogen) atoms. The van der Waals surface area contributed by atoms with Gasteiger partial charge in [0.15, 0.2) is 0 Å². The van der Waals surface area contributed by atoms with Gasteiger partial charge in [0.2, 0.25) is 10.0 Å². The summed E-state index contributed by atoms with van der Waals surface area (Å²) in [5.74, 6) is 0. The highest BCUT2D eigenvalue weighted by Crippen LogP contribution is 2.20. The summed E-state index contributed by atoms with van der Waals surface area (Å²) in [6, 6.07) is 15.7. The fourth-order valence-corrected chi connectivity index (χ4v) is 3.19. The van der Waals surface area contributed by atoms with Crippen molar-refractivity contribution in [3.8, 4) is 0 Å². The molecular weight excluding hydrogens is 282 g/mol. The lowest BCUT2D eigenvalue weighted by atomic mass is 10.2. The van der Waals surface area contributed by atoms with E-state index in [1.807, 2.05) is 30.3 Å². The first kappa shape index (κ1) is 14.1. The van der Waals surface area contributed by atoms with Crippen LogP contribution in [-0.2, 0) is 16.6 Å². The zero-order valence-electron chi connectivity index (χ0n) is 10.5. The third kappa shape index (κ3) is 3.35. The second kappa shape index (κ2) is 5.74. The van der Waals surface area contributed by atoms with Crippen molar-refractivity contribution in [1.82, 2.24) is 4.31 Å². The first-order chi connectivity index (χ1) is 9.00. The number of rotatable bonds is 4. The standard InChI is InChI=1S/C14H14ClNO2S/c1-16(11-12-6-3-2-4-7-12)19(17,18)14-9-5-8-13(15)10-14/h2-10H,11H2,1H3. The molecule has 0 heterocycles. The number of hydrogen-bond donors (Lipinski definition) is 0. The van der Waals surface area contributed by atoms with Gasteiger partial charge in [0.05, 0.1) is 4.90 Å². The summed E-state index contributed by atoms with van der Waals surface area (Å²) >= 11 is 5.83.